The highest BCUT2D eigenvalue weighted by molar-refractivity contribution is 6.15. The average molecular weight is 339 g/mol. The smallest absolute Gasteiger partial charge is 0.350 e. The van der Waals surface area contributed by atoms with Gasteiger partial charge in [0.05, 0.1) is 0 Å². The van der Waals surface area contributed by atoms with Crippen molar-refractivity contribution in [2.45, 2.75) is 25.9 Å². The average Bonchev–Trinajstić information content (AvgIpc) is 2.48. The first-order valence-corrected chi connectivity index (χ1v) is 7.06. The number of rotatable bonds is 5. The van der Waals surface area contributed by atoms with Gasteiger partial charge in [-0.3, -0.25) is 0 Å². The van der Waals surface area contributed by atoms with Gasteiger partial charge in [0.1, 0.15) is 5.82 Å². The molecule has 24 heavy (non-hydrogen) atoms. The Bertz CT molecular complexity index is 659. The zero-order chi connectivity index (χ0) is 17.9. The van der Waals surface area contributed by atoms with E-state index in [-0.39, 0.29) is 11.1 Å². The third-order valence-corrected chi connectivity index (χ3v) is 3.18. The molecule has 1 aromatic carbocycles. The molecule has 1 heterocycles. The predicted octanol–water partition coefficient (Wildman–Crippen LogP) is 2.25. The summed E-state index contributed by atoms with van der Waals surface area (Å²) < 4.78 is 34.0. The number of ether oxygens (including phenoxy) is 4. The molecule has 1 aliphatic rings. The Hall–Kier alpha value is -2.45. The maximum atomic E-state index is 14.1. The van der Waals surface area contributed by atoms with Crippen LogP contribution in [0.1, 0.15) is 25.7 Å². The molecule has 1 N–H and O–H groups in total. The van der Waals surface area contributed by atoms with E-state index in [0.717, 1.165) is 6.20 Å². The maximum absolute atomic E-state index is 14.1. The lowest BCUT2D eigenvalue weighted by atomic mass is 10.1. The Morgan fingerprint density at radius 3 is 2.25 bits per heavy atom. The summed E-state index contributed by atoms with van der Waals surface area (Å²) in [5, 5.41) is 2.66. The molecule has 0 bridgehead atoms. The fraction of sp³-hybridized carbons (Fsp3) is 0.375. The molecule has 1 fully saturated rings. The van der Waals surface area contributed by atoms with Crippen molar-refractivity contribution in [1.29, 1.82) is 0 Å². The number of benzene rings is 1. The number of nitrogens with one attached hydrogen (secondary N) is 1. The van der Waals surface area contributed by atoms with E-state index in [0.29, 0.717) is 5.69 Å². The topological polar surface area (TPSA) is 83.1 Å². The van der Waals surface area contributed by atoms with Crippen LogP contribution in [-0.4, -0.2) is 31.9 Å². The number of carbonyl (C=O) groups excluding carboxylic acids is 2. The number of cyclic esters (lactones) is 2. The lowest BCUT2D eigenvalue weighted by Crippen LogP contribution is -2.42. The molecular weight excluding hydrogens is 321 g/mol. The zero-order valence-electron chi connectivity index (χ0n) is 13.7. The van der Waals surface area contributed by atoms with Crippen LogP contribution in [0, 0.1) is 5.82 Å². The molecule has 0 spiro atoms. The van der Waals surface area contributed by atoms with Gasteiger partial charge in [-0.25, -0.2) is 14.0 Å². The first-order valence-electron chi connectivity index (χ1n) is 7.06. The van der Waals surface area contributed by atoms with Crippen molar-refractivity contribution in [2.24, 2.45) is 0 Å². The minimum Gasteiger partial charge on any atom is -0.419 e. The summed E-state index contributed by atoms with van der Waals surface area (Å²) in [6, 6.07) is 4.19. The Balaban J connectivity index is 2.16. The van der Waals surface area contributed by atoms with Crippen LogP contribution in [0.5, 0.6) is 0 Å². The quantitative estimate of drug-likeness (QED) is 0.381. The molecule has 0 aromatic heterocycles. The Morgan fingerprint density at radius 1 is 1.17 bits per heavy atom. The number of anilines is 1. The molecular formula is C16H18FNO6. The number of carbonyl (C=O) groups is 2. The summed E-state index contributed by atoms with van der Waals surface area (Å²) in [4.78, 5) is 23.6. The third kappa shape index (κ3) is 3.90. The van der Waals surface area contributed by atoms with E-state index < -0.39 is 29.8 Å². The number of esters is 2. The van der Waals surface area contributed by atoms with Crippen LogP contribution in [0.15, 0.2) is 30.0 Å². The molecule has 1 aliphatic heterocycles. The monoisotopic (exact) mass is 339 g/mol. The third-order valence-electron chi connectivity index (χ3n) is 3.18. The molecule has 0 amide bonds. The summed E-state index contributed by atoms with van der Waals surface area (Å²) in [6.07, 6.45) is 0.279. The van der Waals surface area contributed by atoms with Crippen molar-refractivity contribution in [3.05, 3.63) is 41.4 Å². The van der Waals surface area contributed by atoms with Crippen LogP contribution in [-0.2, 0) is 28.5 Å². The molecule has 0 saturated carbocycles. The highest BCUT2D eigenvalue weighted by Gasteiger charge is 2.38. The van der Waals surface area contributed by atoms with E-state index in [2.05, 4.69) is 5.32 Å². The number of hydrogen-bond donors (Lipinski definition) is 1. The second kappa shape index (κ2) is 6.98. The molecule has 7 nitrogen and oxygen atoms in total. The largest absolute Gasteiger partial charge is 0.419 e. The maximum Gasteiger partial charge on any atom is 0.350 e. The van der Waals surface area contributed by atoms with Crippen molar-refractivity contribution in [3.63, 3.8) is 0 Å². The van der Waals surface area contributed by atoms with Gasteiger partial charge >= 0.3 is 11.9 Å². The van der Waals surface area contributed by atoms with Crippen molar-refractivity contribution in [1.82, 2.24) is 0 Å². The van der Waals surface area contributed by atoms with Crippen LogP contribution in [0.2, 0.25) is 0 Å². The van der Waals surface area contributed by atoms with Crippen LogP contribution < -0.4 is 5.32 Å². The summed E-state index contributed by atoms with van der Waals surface area (Å²) in [7, 11) is 2.79. The summed E-state index contributed by atoms with van der Waals surface area (Å²) in [5.74, 6) is -3.52. The van der Waals surface area contributed by atoms with Gasteiger partial charge < -0.3 is 24.3 Å². The van der Waals surface area contributed by atoms with Gasteiger partial charge in [0.2, 0.25) is 0 Å². The minimum atomic E-state index is -1.31. The molecule has 0 aliphatic carbocycles. The van der Waals surface area contributed by atoms with E-state index in [1.807, 2.05) is 0 Å². The lowest BCUT2D eigenvalue weighted by molar-refractivity contribution is -0.222. The minimum absolute atomic E-state index is 0.219. The van der Waals surface area contributed by atoms with Gasteiger partial charge in [0, 0.05) is 45.5 Å². The first kappa shape index (κ1) is 17.9. The van der Waals surface area contributed by atoms with Gasteiger partial charge in [-0.1, -0.05) is 0 Å². The summed E-state index contributed by atoms with van der Waals surface area (Å²) in [6.45, 7) is 2.90. The van der Waals surface area contributed by atoms with Crippen molar-refractivity contribution >= 4 is 17.6 Å². The SMILES string of the molecule is COC(OC)c1ccc(NC=C2C(=O)OC(C)(C)OC2=O)cc1F. The van der Waals surface area contributed by atoms with Gasteiger partial charge in [0.25, 0.3) is 5.79 Å². The predicted molar refractivity (Wildman–Crippen MR) is 81.1 cm³/mol. The Morgan fingerprint density at radius 2 is 1.75 bits per heavy atom. The Kier molecular flexibility index (Phi) is 5.20. The summed E-state index contributed by atoms with van der Waals surface area (Å²) in [5.41, 5.74) is 0.224. The highest BCUT2D eigenvalue weighted by Crippen LogP contribution is 2.25. The molecule has 130 valence electrons. The van der Waals surface area contributed by atoms with Crippen LogP contribution in [0.3, 0.4) is 0 Å². The molecule has 8 heteroatoms. The van der Waals surface area contributed by atoms with E-state index in [4.69, 9.17) is 18.9 Å². The second-order valence-electron chi connectivity index (χ2n) is 5.42. The second-order valence-corrected chi connectivity index (χ2v) is 5.42. The van der Waals surface area contributed by atoms with Crippen LogP contribution in [0.25, 0.3) is 0 Å². The van der Waals surface area contributed by atoms with Crippen molar-refractivity contribution in [2.75, 3.05) is 19.5 Å². The van der Waals surface area contributed by atoms with E-state index in [1.54, 1.807) is 6.07 Å². The molecule has 2 rings (SSSR count). The standard InChI is InChI=1S/C16H18FNO6/c1-16(2)23-13(19)11(14(20)24-16)8-18-9-5-6-10(12(17)7-9)15(21-3)22-4/h5-8,15,18H,1-4H3. The van der Waals surface area contributed by atoms with Gasteiger partial charge in [0.15, 0.2) is 11.9 Å². The lowest BCUT2D eigenvalue weighted by Gasteiger charge is -2.29. The van der Waals surface area contributed by atoms with Gasteiger partial charge in [-0.2, -0.15) is 0 Å². The van der Waals surface area contributed by atoms with Crippen LogP contribution in [0.4, 0.5) is 10.1 Å². The zero-order valence-corrected chi connectivity index (χ0v) is 13.7. The molecule has 0 radical (unpaired) electrons. The molecule has 1 aromatic rings. The van der Waals surface area contributed by atoms with E-state index >= 15 is 0 Å². The molecule has 1 saturated heterocycles. The number of halogens is 1. The molecule has 0 unspecified atom stereocenters. The van der Waals surface area contributed by atoms with Crippen molar-refractivity contribution in [3.8, 4) is 0 Å². The highest BCUT2D eigenvalue weighted by atomic mass is 19.1. The Labute approximate surface area is 138 Å². The fourth-order valence-corrected chi connectivity index (χ4v) is 2.09. The normalized spacial score (nSPS) is 16.7. The number of hydrogen-bond acceptors (Lipinski definition) is 7. The number of methoxy groups -OCH3 is 2. The van der Waals surface area contributed by atoms with Crippen molar-refractivity contribution < 1.29 is 32.9 Å². The van der Waals surface area contributed by atoms with E-state index in [9.17, 15) is 14.0 Å². The fourth-order valence-electron chi connectivity index (χ4n) is 2.09. The molecule has 0 atom stereocenters. The van der Waals surface area contributed by atoms with Gasteiger partial charge in [-0.15, -0.1) is 0 Å². The summed E-state index contributed by atoms with van der Waals surface area (Å²) >= 11 is 0. The van der Waals surface area contributed by atoms with Gasteiger partial charge in [-0.05, 0) is 18.2 Å². The van der Waals surface area contributed by atoms with Crippen LogP contribution >= 0.6 is 0 Å². The first-order chi connectivity index (χ1) is 11.3. The van der Waals surface area contributed by atoms with E-state index in [1.165, 1.54) is 40.2 Å².